The summed E-state index contributed by atoms with van der Waals surface area (Å²) in [6.07, 6.45) is 3.80. The molecule has 1 saturated carbocycles. The second kappa shape index (κ2) is 4.30. The molecule has 0 heterocycles. The topological polar surface area (TPSA) is 9.23 Å². The van der Waals surface area contributed by atoms with E-state index in [1.807, 2.05) is 0 Å². The van der Waals surface area contributed by atoms with Gasteiger partial charge in [0.1, 0.15) is 11.6 Å². The van der Waals surface area contributed by atoms with Gasteiger partial charge in [0.05, 0.1) is 6.61 Å². The molecule has 76 valence electrons. The van der Waals surface area contributed by atoms with E-state index in [2.05, 4.69) is 15.9 Å². The average Bonchev–Trinajstić information content (AvgIpc) is 1.99. The highest BCUT2D eigenvalue weighted by molar-refractivity contribution is 9.10. The van der Waals surface area contributed by atoms with Crippen molar-refractivity contribution in [3.63, 3.8) is 0 Å². The van der Waals surface area contributed by atoms with Crippen LogP contribution in [0.25, 0.3) is 0 Å². The highest BCUT2D eigenvalue weighted by Gasteiger charge is 2.17. The third kappa shape index (κ3) is 2.47. The molecule has 0 aliphatic heterocycles. The van der Waals surface area contributed by atoms with Gasteiger partial charge in [-0.2, -0.15) is 0 Å². The predicted molar refractivity (Wildman–Crippen MR) is 56.9 cm³/mol. The van der Waals surface area contributed by atoms with Gasteiger partial charge >= 0.3 is 0 Å². The molecule has 0 aromatic heterocycles. The van der Waals surface area contributed by atoms with Gasteiger partial charge in [0.25, 0.3) is 0 Å². The number of hydrogen-bond donors (Lipinski definition) is 0. The van der Waals surface area contributed by atoms with Gasteiger partial charge in [-0.1, -0.05) is 22.4 Å². The van der Waals surface area contributed by atoms with Crippen molar-refractivity contribution in [3.8, 4) is 5.75 Å². The number of rotatable bonds is 3. The Morgan fingerprint density at radius 3 is 2.71 bits per heavy atom. The zero-order valence-electron chi connectivity index (χ0n) is 7.80. The smallest absolute Gasteiger partial charge is 0.128 e. The van der Waals surface area contributed by atoms with Crippen LogP contribution in [0, 0.1) is 11.7 Å². The Morgan fingerprint density at radius 2 is 2.14 bits per heavy atom. The van der Waals surface area contributed by atoms with E-state index >= 15 is 0 Å². The highest BCUT2D eigenvalue weighted by atomic mass is 79.9. The molecule has 1 fully saturated rings. The zero-order chi connectivity index (χ0) is 9.97. The van der Waals surface area contributed by atoms with E-state index in [1.54, 1.807) is 6.07 Å². The quantitative estimate of drug-likeness (QED) is 0.802. The minimum Gasteiger partial charge on any atom is -0.493 e. The molecule has 1 aliphatic carbocycles. The van der Waals surface area contributed by atoms with E-state index in [-0.39, 0.29) is 5.82 Å². The van der Waals surface area contributed by atoms with Crippen LogP contribution in [0.2, 0.25) is 0 Å². The van der Waals surface area contributed by atoms with E-state index < -0.39 is 0 Å². The lowest BCUT2D eigenvalue weighted by Gasteiger charge is -2.25. The van der Waals surface area contributed by atoms with Gasteiger partial charge in [-0.3, -0.25) is 0 Å². The molecule has 2 rings (SSSR count). The molecule has 14 heavy (non-hydrogen) atoms. The summed E-state index contributed by atoms with van der Waals surface area (Å²) in [5.74, 6) is 1.03. The largest absolute Gasteiger partial charge is 0.493 e. The molecule has 1 aromatic rings. The van der Waals surface area contributed by atoms with Gasteiger partial charge in [0.15, 0.2) is 0 Å². The standard InChI is InChI=1S/C11H12BrFO/c12-9-4-10(13)6-11(5-9)14-7-8-2-1-3-8/h4-6,8H,1-3,7H2. The molecule has 1 nitrogen and oxygen atoms in total. The fourth-order valence-corrected chi connectivity index (χ4v) is 1.93. The maximum atomic E-state index is 12.9. The van der Waals surface area contributed by atoms with E-state index in [0.29, 0.717) is 11.7 Å². The molecular weight excluding hydrogens is 247 g/mol. The van der Waals surface area contributed by atoms with Gasteiger partial charge in [-0.25, -0.2) is 4.39 Å². The minimum absolute atomic E-state index is 0.261. The third-order valence-corrected chi connectivity index (χ3v) is 3.00. The minimum atomic E-state index is -0.261. The van der Waals surface area contributed by atoms with Gasteiger partial charge in [0, 0.05) is 10.5 Å². The van der Waals surface area contributed by atoms with Crippen LogP contribution in [0.4, 0.5) is 4.39 Å². The van der Waals surface area contributed by atoms with Crippen LogP contribution in [0.1, 0.15) is 19.3 Å². The summed E-state index contributed by atoms with van der Waals surface area (Å²) in [5, 5.41) is 0. The molecule has 0 N–H and O–H groups in total. The molecule has 0 unspecified atom stereocenters. The average molecular weight is 259 g/mol. The van der Waals surface area contributed by atoms with E-state index in [9.17, 15) is 4.39 Å². The van der Waals surface area contributed by atoms with E-state index in [4.69, 9.17) is 4.74 Å². The molecule has 0 saturated heterocycles. The van der Waals surface area contributed by atoms with Crippen LogP contribution >= 0.6 is 15.9 Å². The van der Waals surface area contributed by atoms with Crippen molar-refractivity contribution >= 4 is 15.9 Å². The fraction of sp³-hybridized carbons (Fsp3) is 0.455. The molecule has 0 radical (unpaired) electrons. The van der Waals surface area contributed by atoms with Crippen molar-refractivity contribution in [2.75, 3.05) is 6.61 Å². The Kier molecular flexibility index (Phi) is 3.06. The fourth-order valence-electron chi connectivity index (χ4n) is 1.49. The van der Waals surface area contributed by atoms with Crippen molar-refractivity contribution in [1.82, 2.24) is 0 Å². The second-order valence-corrected chi connectivity index (χ2v) is 4.63. The lowest BCUT2D eigenvalue weighted by atomic mass is 9.86. The Labute approximate surface area is 91.4 Å². The molecule has 1 aliphatic rings. The maximum absolute atomic E-state index is 12.9. The summed E-state index contributed by atoms with van der Waals surface area (Å²) in [6.45, 7) is 0.718. The molecule has 0 amide bonds. The molecular formula is C11H12BrFO. The number of halogens is 2. The zero-order valence-corrected chi connectivity index (χ0v) is 9.39. The first-order valence-corrected chi connectivity index (χ1v) is 5.62. The summed E-state index contributed by atoms with van der Waals surface area (Å²) < 4.78 is 19.2. The van der Waals surface area contributed by atoms with Gasteiger partial charge in [-0.15, -0.1) is 0 Å². The van der Waals surface area contributed by atoms with Crippen molar-refractivity contribution in [3.05, 3.63) is 28.5 Å². The summed E-state index contributed by atoms with van der Waals surface area (Å²) >= 11 is 3.23. The molecule has 1 aromatic carbocycles. The first-order valence-electron chi connectivity index (χ1n) is 4.83. The lowest BCUT2D eigenvalue weighted by molar-refractivity contribution is 0.180. The normalized spacial score (nSPS) is 16.4. The van der Waals surface area contributed by atoms with E-state index in [0.717, 1.165) is 11.1 Å². The monoisotopic (exact) mass is 258 g/mol. The second-order valence-electron chi connectivity index (χ2n) is 3.71. The van der Waals surface area contributed by atoms with Crippen molar-refractivity contribution in [2.45, 2.75) is 19.3 Å². The van der Waals surface area contributed by atoms with Gasteiger partial charge in [0.2, 0.25) is 0 Å². The van der Waals surface area contributed by atoms with Crippen LogP contribution in [0.15, 0.2) is 22.7 Å². The van der Waals surface area contributed by atoms with Gasteiger partial charge < -0.3 is 4.74 Å². The summed E-state index contributed by atoms with van der Waals surface area (Å²) in [5.41, 5.74) is 0. The Morgan fingerprint density at radius 1 is 1.36 bits per heavy atom. The predicted octanol–water partition coefficient (Wildman–Crippen LogP) is 3.77. The first-order chi connectivity index (χ1) is 6.74. The number of hydrogen-bond acceptors (Lipinski definition) is 1. The SMILES string of the molecule is Fc1cc(Br)cc(OCC2CCC2)c1. The van der Waals surface area contributed by atoms with Crippen LogP contribution in [-0.2, 0) is 0 Å². The summed E-state index contributed by atoms with van der Waals surface area (Å²) in [7, 11) is 0. The van der Waals surface area contributed by atoms with Crippen molar-refractivity contribution in [1.29, 1.82) is 0 Å². The molecule has 0 spiro atoms. The maximum Gasteiger partial charge on any atom is 0.128 e. The summed E-state index contributed by atoms with van der Waals surface area (Å²) in [6, 6.07) is 4.64. The lowest BCUT2D eigenvalue weighted by Crippen LogP contribution is -2.19. The molecule has 3 heteroatoms. The van der Waals surface area contributed by atoms with Crippen LogP contribution < -0.4 is 4.74 Å². The van der Waals surface area contributed by atoms with Crippen LogP contribution in [0.3, 0.4) is 0 Å². The van der Waals surface area contributed by atoms with Crippen molar-refractivity contribution in [2.24, 2.45) is 5.92 Å². The van der Waals surface area contributed by atoms with E-state index in [1.165, 1.54) is 31.4 Å². The first kappa shape index (κ1) is 9.97. The Hall–Kier alpha value is -0.570. The van der Waals surface area contributed by atoms with Crippen LogP contribution in [0.5, 0.6) is 5.75 Å². The summed E-state index contributed by atoms with van der Waals surface area (Å²) in [4.78, 5) is 0. The van der Waals surface area contributed by atoms with Crippen LogP contribution in [-0.4, -0.2) is 6.61 Å². The molecule has 0 bridgehead atoms. The molecule has 0 atom stereocenters. The number of benzene rings is 1. The highest BCUT2D eigenvalue weighted by Crippen LogP contribution is 2.28. The third-order valence-electron chi connectivity index (χ3n) is 2.55. The Bertz CT molecular complexity index is 303. The van der Waals surface area contributed by atoms with Gasteiger partial charge in [-0.05, 0) is 30.9 Å². The number of ether oxygens (including phenoxy) is 1. The van der Waals surface area contributed by atoms with Crippen molar-refractivity contribution < 1.29 is 9.13 Å². The Balaban J connectivity index is 1.94.